The first kappa shape index (κ1) is 25.7. The molecule has 0 aromatic heterocycles. The van der Waals surface area contributed by atoms with Gasteiger partial charge in [-0.1, -0.05) is 30.3 Å². The molecule has 2 heterocycles. The average molecular weight is 501 g/mol. The van der Waals surface area contributed by atoms with E-state index in [1.165, 1.54) is 11.0 Å². The van der Waals surface area contributed by atoms with E-state index >= 15 is 0 Å². The van der Waals surface area contributed by atoms with Crippen molar-refractivity contribution < 1.29 is 27.9 Å². The van der Waals surface area contributed by atoms with Crippen LogP contribution in [0.2, 0.25) is 0 Å². The molecule has 0 bridgehead atoms. The third kappa shape index (κ3) is 5.24. The minimum absolute atomic E-state index is 0.129. The molecule has 2 unspecified atom stereocenters. The summed E-state index contributed by atoms with van der Waals surface area (Å²) in [6, 6.07) is 7.82. The predicted octanol–water partition coefficient (Wildman–Crippen LogP) is 2.51. The van der Waals surface area contributed by atoms with Crippen LogP contribution in [-0.2, 0) is 25.7 Å². The van der Waals surface area contributed by atoms with E-state index in [1.807, 2.05) is 0 Å². The molecule has 8 nitrogen and oxygen atoms in total. The Labute approximate surface area is 208 Å². The number of anilines is 1. The molecule has 2 aromatic rings. The molecule has 0 spiro atoms. The normalized spacial score (nSPS) is 19.3. The van der Waals surface area contributed by atoms with Gasteiger partial charge >= 0.3 is 0 Å². The van der Waals surface area contributed by atoms with Crippen molar-refractivity contribution in [1.29, 1.82) is 0 Å². The van der Waals surface area contributed by atoms with Crippen molar-refractivity contribution in [2.75, 3.05) is 25.6 Å². The zero-order valence-electron chi connectivity index (χ0n) is 20.2. The van der Waals surface area contributed by atoms with Crippen LogP contribution in [0.25, 0.3) is 0 Å². The largest absolute Gasteiger partial charge is 0.381 e. The number of para-hydroxylation sites is 1. The van der Waals surface area contributed by atoms with E-state index in [-0.39, 0.29) is 18.4 Å². The van der Waals surface area contributed by atoms with Gasteiger partial charge in [-0.3, -0.25) is 14.4 Å². The smallest absolute Gasteiger partial charge is 0.252 e. The molecule has 2 aliphatic heterocycles. The number of halogens is 2. The lowest BCUT2D eigenvalue weighted by Crippen LogP contribution is -2.56. The summed E-state index contributed by atoms with van der Waals surface area (Å²) in [5.74, 6) is -3.52. The first-order chi connectivity index (χ1) is 17.3. The maximum Gasteiger partial charge on any atom is 0.252 e. The predicted molar refractivity (Wildman–Crippen MR) is 129 cm³/mol. The topological polar surface area (TPSA) is 99.8 Å². The molecule has 36 heavy (non-hydrogen) atoms. The quantitative estimate of drug-likeness (QED) is 0.543. The molecule has 10 heteroatoms. The maximum absolute atomic E-state index is 14.3. The van der Waals surface area contributed by atoms with Crippen LogP contribution in [0.1, 0.15) is 36.9 Å². The van der Waals surface area contributed by atoms with Crippen LogP contribution < -0.4 is 16.0 Å². The van der Waals surface area contributed by atoms with Crippen molar-refractivity contribution in [1.82, 2.24) is 15.5 Å². The van der Waals surface area contributed by atoms with E-state index in [4.69, 9.17) is 4.74 Å². The number of nitrogens with zero attached hydrogens (tertiary/aromatic N) is 1. The van der Waals surface area contributed by atoms with Crippen molar-refractivity contribution in [3.05, 3.63) is 65.2 Å². The van der Waals surface area contributed by atoms with Crippen molar-refractivity contribution in [3.63, 3.8) is 0 Å². The molecule has 4 rings (SSSR count). The molecule has 3 atom stereocenters. The number of nitrogens with one attached hydrogen (secondary N) is 3. The number of carbonyl (C=O) groups excluding carboxylic acids is 3. The summed E-state index contributed by atoms with van der Waals surface area (Å²) in [6.07, 6.45) is 1.14. The fourth-order valence-corrected chi connectivity index (χ4v) is 4.70. The summed E-state index contributed by atoms with van der Waals surface area (Å²) in [5.41, 5.74) is 0.748. The summed E-state index contributed by atoms with van der Waals surface area (Å²) in [5, 5.41) is 8.06. The molecule has 2 aromatic carbocycles. The summed E-state index contributed by atoms with van der Waals surface area (Å²) in [4.78, 5) is 41.5. The number of rotatable bonds is 7. The summed E-state index contributed by atoms with van der Waals surface area (Å²) in [7, 11) is 1.65. The highest BCUT2D eigenvalue weighted by molar-refractivity contribution is 6.00. The lowest BCUT2D eigenvalue weighted by atomic mass is 9.90. The minimum Gasteiger partial charge on any atom is -0.381 e. The zero-order valence-corrected chi connectivity index (χ0v) is 20.2. The second kappa shape index (κ2) is 11.1. The number of fused-ring (bicyclic) bond motifs is 1. The van der Waals surface area contributed by atoms with Gasteiger partial charge in [0.15, 0.2) is 0 Å². The number of hydrogen-bond acceptors (Lipinski definition) is 5. The van der Waals surface area contributed by atoms with E-state index in [0.29, 0.717) is 31.6 Å². The van der Waals surface area contributed by atoms with Crippen LogP contribution in [0, 0.1) is 17.6 Å². The number of likely N-dealkylation sites (N-methyl/N-ethyl adjacent to an activating group) is 1. The lowest BCUT2D eigenvalue weighted by Gasteiger charge is -2.35. The van der Waals surface area contributed by atoms with Crippen molar-refractivity contribution in [2.45, 2.75) is 44.4 Å². The molecule has 0 saturated carbocycles. The van der Waals surface area contributed by atoms with Crippen LogP contribution in [0.15, 0.2) is 42.5 Å². The molecule has 3 amide bonds. The monoisotopic (exact) mass is 500 g/mol. The van der Waals surface area contributed by atoms with Gasteiger partial charge in [-0.05, 0) is 56.0 Å². The molecule has 192 valence electrons. The van der Waals surface area contributed by atoms with Gasteiger partial charge in [-0.15, -0.1) is 0 Å². The van der Waals surface area contributed by atoms with Gasteiger partial charge in [0, 0.05) is 19.8 Å². The van der Waals surface area contributed by atoms with Gasteiger partial charge in [0.2, 0.25) is 11.8 Å². The third-order valence-corrected chi connectivity index (χ3v) is 6.87. The van der Waals surface area contributed by atoms with Gasteiger partial charge in [0.25, 0.3) is 5.91 Å². The Hall–Kier alpha value is -3.37. The van der Waals surface area contributed by atoms with E-state index < -0.39 is 47.3 Å². The molecule has 1 saturated heterocycles. The maximum atomic E-state index is 14.3. The van der Waals surface area contributed by atoms with Crippen LogP contribution >= 0.6 is 0 Å². The summed E-state index contributed by atoms with van der Waals surface area (Å²) >= 11 is 0. The lowest BCUT2D eigenvalue weighted by molar-refractivity contribution is -0.144. The second-order valence-corrected chi connectivity index (χ2v) is 9.10. The van der Waals surface area contributed by atoms with Gasteiger partial charge in [0.1, 0.15) is 29.4 Å². The molecule has 0 radical (unpaired) electrons. The standard InChI is InChI=1S/C26H30F2N4O4/c1-15(29-2)24(33)30-21(16-10-12-36-13-11-16)26(35)32-14-17-6-3-4-7-18(17)23(32)25(34)31-22-19(27)8-5-9-20(22)28/h3-9,15-16,21,23,29H,10-14H2,1-2H3,(H,30,33)(H,31,34)/t15?,21?,23-/m0/s1. The van der Waals surface area contributed by atoms with Gasteiger partial charge in [-0.25, -0.2) is 8.78 Å². The number of ether oxygens (including phenoxy) is 1. The molecule has 3 N–H and O–H groups in total. The Morgan fingerprint density at radius 2 is 1.69 bits per heavy atom. The molecule has 1 fully saturated rings. The highest BCUT2D eigenvalue weighted by Gasteiger charge is 2.43. The van der Waals surface area contributed by atoms with Crippen LogP contribution in [0.4, 0.5) is 14.5 Å². The van der Waals surface area contributed by atoms with Crippen molar-refractivity contribution in [2.24, 2.45) is 5.92 Å². The molecule has 0 aliphatic carbocycles. The number of hydrogen-bond donors (Lipinski definition) is 3. The Kier molecular flexibility index (Phi) is 7.95. The van der Waals surface area contributed by atoms with E-state index in [9.17, 15) is 23.2 Å². The third-order valence-electron chi connectivity index (χ3n) is 6.87. The first-order valence-corrected chi connectivity index (χ1v) is 12.0. The number of carbonyl (C=O) groups is 3. The van der Waals surface area contributed by atoms with Crippen LogP contribution in [0.5, 0.6) is 0 Å². The Morgan fingerprint density at radius 3 is 2.36 bits per heavy atom. The SMILES string of the molecule is CNC(C)C(=O)NC(C(=O)N1Cc2ccccc2[C@H]1C(=O)Nc1c(F)cccc1F)C1CCOCC1. The number of benzene rings is 2. The average Bonchev–Trinajstić information content (AvgIpc) is 3.28. The highest BCUT2D eigenvalue weighted by Crippen LogP contribution is 2.36. The fourth-order valence-electron chi connectivity index (χ4n) is 4.70. The Bertz CT molecular complexity index is 1120. The van der Waals surface area contributed by atoms with Gasteiger partial charge in [-0.2, -0.15) is 0 Å². The summed E-state index contributed by atoms with van der Waals surface area (Å²) < 4.78 is 34.0. The fraction of sp³-hybridized carbons (Fsp3) is 0.423. The number of amides is 3. The Morgan fingerprint density at radius 1 is 1.03 bits per heavy atom. The highest BCUT2D eigenvalue weighted by atomic mass is 19.1. The van der Waals surface area contributed by atoms with Crippen LogP contribution in [0.3, 0.4) is 0 Å². The van der Waals surface area contributed by atoms with Crippen LogP contribution in [-0.4, -0.2) is 55.0 Å². The van der Waals surface area contributed by atoms with Crippen molar-refractivity contribution >= 4 is 23.4 Å². The Balaban J connectivity index is 1.66. The minimum atomic E-state index is -1.12. The zero-order chi connectivity index (χ0) is 25.8. The molecular weight excluding hydrogens is 470 g/mol. The van der Waals surface area contributed by atoms with E-state index in [1.54, 1.807) is 38.2 Å². The second-order valence-electron chi connectivity index (χ2n) is 9.10. The van der Waals surface area contributed by atoms with E-state index in [2.05, 4.69) is 16.0 Å². The van der Waals surface area contributed by atoms with Gasteiger partial charge < -0.3 is 25.6 Å². The molecular formula is C26H30F2N4O4. The van der Waals surface area contributed by atoms with E-state index in [0.717, 1.165) is 17.7 Å². The molecule has 2 aliphatic rings. The van der Waals surface area contributed by atoms with Gasteiger partial charge in [0.05, 0.1) is 6.04 Å². The van der Waals surface area contributed by atoms with Crippen molar-refractivity contribution in [3.8, 4) is 0 Å². The summed E-state index contributed by atoms with van der Waals surface area (Å²) in [6.45, 7) is 2.74. The first-order valence-electron chi connectivity index (χ1n) is 12.0.